The van der Waals surface area contributed by atoms with Gasteiger partial charge in [-0.05, 0) is 5.56 Å². The lowest BCUT2D eigenvalue weighted by Crippen LogP contribution is -2.05. The highest BCUT2D eigenvalue weighted by Gasteiger charge is 2.07. The van der Waals surface area contributed by atoms with Gasteiger partial charge in [0, 0.05) is 10.9 Å². The van der Waals surface area contributed by atoms with Crippen LogP contribution in [0.3, 0.4) is 0 Å². The molecule has 0 bridgehead atoms. The molecule has 0 atom stereocenters. The van der Waals surface area contributed by atoms with Gasteiger partial charge in [0.1, 0.15) is 12.8 Å². The minimum atomic E-state index is 0.308. The first-order valence-corrected chi connectivity index (χ1v) is 5.16. The molecule has 1 aromatic carbocycles. The van der Waals surface area contributed by atoms with Gasteiger partial charge < -0.3 is 4.84 Å². The second-order valence-corrected chi connectivity index (χ2v) is 3.13. The van der Waals surface area contributed by atoms with Crippen LogP contribution >= 0.6 is 15.9 Å². The summed E-state index contributed by atoms with van der Waals surface area (Å²) >= 11 is 3.35. The first kappa shape index (κ1) is 10.9. The maximum atomic E-state index is 10.7. The fourth-order valence-corrected chi connectivity index (χ4v) is 1.61. The summed E-state index contributed by atoms with van der Waals surface area (Å²) in [5.74, 6) is 0. The summed E-state index contributed by atoms with van der Waals surface area (Å²) in [4.78, 5) is 15.3. The Balaban J connectivity index is 3.15. The molecule has 1 rings (SSSR count). The van der Waals surface area contributed by atoms with Crippen LogP contribution in [0.15, 0.2) is 29.4 Å². The largest absolute Gasteiger partial charge is 0.399 e. The lowest BCUT2D eigenvalue weighted by atomic mass is 10.1. The molecule has 0 aromatic heterocycles. The van der Waals surface area contributed by atoms with E-state index < -0.39 is 0 Å². The number of benzene rings is 1. The minimum Gasteiger partial charge on any atom is -0.399 e. The van der Waals surface area contributed by atoms with E-state index in [-0.39, 0.29) is 0 Å². The topological polar surface area (TPSA) is 38.7 Å². The van der Waals surface area contributed by atoms with Crippen LogP contribution in [0.2, 0.25) is 0 Å². The van der Waals surface area contributed by atoms with E-state index >= 15 is 0 Å². The molecule has 0 radical (unpaired) electrons. The van der Waals surface area contributed by atoms with Crippen LogP contribution < -0.4 is 0 Å². The Hall–Kier alpha value is -1.16. The van der Waals surface area contributed by atoms with E-state index in [0.29, 0.717) is 17.3 Å². The number of hydrogen-bond donors (Lipinski definition) is 0. The third-order valence-electron chi connectivity index (χ3n) is 1.74. The second-order valence-electron chi connectivity index (χ2n) is 2.57. The number of aldehydes is 1. The zero-order valence-corrected chi connectivity index (χ0v) is 9.32. The minimum absolute atomic E-state index is 0.308. The normalized spacial score (nSPS) is 11.1. The first-order chi connectivity index (χ1) is 6.83. The van der Waals surface area contributed by atoms with E-state index in [4.69, 9.17) is 0 Å². The fourth-order valence-electron chi connectivity index (χ4n) is 1.12. The quantitative estimate of drug-likeness (QED) is 0.358. The number of rotatable bonds is 4. The highest BCUT2D eigenvalue weighted by atomic mass is 79.9. The maximum Gasteiger partial charge on any atom is 0.172 e. The number of halogens is 1. The summed E-state index contributed by atoms with van der Waals surface area (Å²) in [6.07, 6.45) is 0.686. The van der Waals surface area contributed by atoms with Crippen LogP contribution in [-0.2, 0) is 15.0 Å². The average Bonchev–Trinajstić information content (AvgIpc) is 2.26. The van der Waals surface area contributed by atoms with Crippen molar-refractivity contribution < 1.29 is 9.63 Å². The van der Waals surface area contributed by atoms with Crippen molar-refractivity contribution in [3.8, 4) is 0 Å². The number of carbonyl (C=O) groups excluding carboxylic acids is 1. The van der Waals surface area contributed by atoms with Gasteiger partial charge in [0.2, 0.25) is 0 Å². The van der Waals surface area contributed by atoms with Crippen molar-refractivity contribution in [2.24, 2.45) is 5.16 Å². The molecule has 0 aliphatic rings. The fraction of sp³-hybridized carbons (Fsp3) is 0.200. The predicted octanol–water partition coefficient (Wildman–Crippen LogP) is 2.13. The third-order valence-corrected chi connectivity index (χ3v) is 2.34. The van der Waals surface area contributed by atoms with Crippen molar-refractivity contribution in [3.63, 3.8) is 0 Å². The Labute approximate surface area is 90.9 Å². The maximum absolute atomic E-state index is 10.7. The summed E-state index contributed by atoms with van der Waals surface area (Å²) in [7, 11) is 1.42. The van der Waals surface area contributed by atoms with E-state index in [0.717, 1.165) is 11.1 Å². The first-order valence-electron chi connectivity index (χ1n) is 4.04. The monoisotopic (exact) mass is 255 g/mol. The van der Waals surface area contributed by atoms with Gasteiger partial charge in [0.25, 0.3) is 0 Å². The molecule has 0 amide bonds. The summed E-state index contributed by atoms with van der Waals surface area (Å²) in [5, 5.41) is 4.33. The van der Waals surface area contributed by atoms with Crippen molar-refractivity contribution in [1.29, 1.82) is 0 Å². The van der Waals surface area contributed by atoms with E-state index in [2.05, 4.69) is 25.9 Å². The third kappa shape index (κ3) is 2.42. The van der Waals surface area contributed by atoms with Gasteiger partial charge in [-0.3, -0.25) is 4.79 Å². The molecule has 0 fully saturated rings. The molecule has 74 valence electrons. The summed E-state index contributed by atoms with van der Waals surface area (Å²) in [6, 6.07) is 7.53. The molecule has 3 nitrogen and oxygen atoms in total. The van der Waals surface area contributed by atoms with E-state index in [9.17, 15) is 4.79 Å². The van der Waals surface area contributed by atoms with Crippen LogP contribution in [0.1, 0.15) is 11.1 Å². The van der Waals surface area contributed by atoms with Gasteiger partial charge in [-0.15, -0.1) is 0 Å². The van der Waals surface area contributed by atoms with Crippen LogP contribution in [0, 0.1) is 0 Å². The number of hydrogen-bond acceptors (Lipinski definition) is 3. The molecule has 1 aromatic rings. The standard InChI is InChI=1S/C10H10BrNO2/c1-14-12-10(7-13)9-5-3-2-4-8(9)6-11/h2-5,7H,6H2,1H3/b12-10-. The Bertz CT molecular complexity index is 350. The van der Waals surface area contributed by atoms with Crippen LogP contribution in [0.5, 0.6) is 0 Å². The van der Waals surface area contributed by atoms with Gasteiger partial charge in [-0.2, -0.15) is 0 Å². The van der Waals surface area contributed by atoms with Gasteiger partial charge in [0.05, 0.1) is 0 Å². The van der Waals surface area contributed by atoms with Gasteiger partial charge in [-0.25, -0.2) is 0 Å². The van der Waals surface area contributed by atoms with E-state index in [1.54, 1.807) is 0 Å². The molecule has 0 aliphatic heterocycles. The highest BCUT2D eigenvalue weighted by molar-refractivity contribution is 9.08. The second kappa shape index (κ2) is 5.54. The van der Waals surface area contributed by atoms with Crippen molar-refractivity contribution >= 4 is 27.9 Å². The number of alkyl halides is 1. The molecule has 0 aliphatic carbocycles. The summed E-state index contributed by atoms with van der Waals surface area (Å²) in [6.45, 7) is 0. The Morgan fingerprint density at radius 1 is 1.57 bits per heavy atom. The molecule has 0 spiro atoms. The van der Waals surface area contributed by atoms with Crippen molar-refractivity contribution in [2.75, 3.05) is 7.11 Å². The van der Waals surface area contributed by atoms with E-state index in [1.807, 2.05) is 24.3 Å². The van der Waals surface area contributed by atoms with Crippen LogP contribution in [0.25, 0.3) is 0 Å². The molecule has 14 heavy (non-hydrogen) atoms. The summed E-state index contributed by atoms with van der Waals surface area (Å²) < 4.78 is 0. The predicted molar refractivity (Wildman–Crippen MR) is 58.7 cm³/mol. The van der Waals surface area contributed by atoms with Crippen LogP contribution in [0.4, 0.5) is 0 Å². The van der Waals surface area contributed by atoms with Crippen molar-refractivity contribution in [3.05, 3.63) is 35.4 Å². The van der Waals surface area contributed by atoms with Crippen molar-refractivity contribution in [2.45, 2.75) is 5.33 Å². The molecule has 0 saturated heterocycles. The zero-order chi connectivity index (χ0) is 10.4. The Morgan fingerprint density at radius 2 is 2.29 bits per heavy atom. The number of carbonyl (C=O) groups is 1. The number of oxime groups is 1. The van der Waals surface area contributed by atoms with Crippen LogP contribution in [-0.4, -0.2) is 19.1 Å². The zero-order valence-electron chi connectivity index (χ0n) is 7.74. The highest BCUT2D eigenvalue weighted by Crippen LogP contribution is 2.13. The molecule has 4 heteroatoms. The SMILES string of the molecule is CO/N=C(/C=O)c1ccccc1CBr. The smallest absolute Gasteiger partial charge is 0.172 e. The Kier molecular flexibility index (Phi) is 4.32. The molecule has 0 N–H and O–H groups in total. The Morgan fingerprint density at radius 3 is 2.86 bits per heavy atom. The van der Waals surface area contributed by atoms with Crippen molar-refractivity contribution in [1.82, 2.24) is 0 Å². The van der Waals surface area contributed by atoms with E-state index in [1.165, 1.54) is 7.11 Å². The molecular weight excluding hydrogens is 246 g/mol. The molecule has 0 unspecified atom stereocenters. The number of nitrogens with zero attached hydrogens (tertiary/aromatic N) is 1. The lowest BCUT2D eigenvalue weighted by Gasteiger charge is -2.04. The van der Waals surface area contributed by atoms with Gasteiger partial charge in [0.15, 0.2) is 6.29 Å². The molecule has 0 saturated carbocycles. The van der Waals surface area contributed by atoms with Gasteiger partial charge in [-0.1, -0.05) is 45.4 Å². The lowest BCUT2D eigenvalue weighted by molar-refractivity contribution is -0.102. The molecular formula is C10H10BrNO2. The average molecular weight is 256 g/mol. The summed E-state index contributed by atoms with van der Waals surface area (Å²) in [5.41, 5.74) is 2.11. The van der Waals surface area contributed by atoms with Gasteiger partial charge >= 0.3 is 0 Å². The molecule has 0 heterocycles.